The molecule has 3 rings (SSSR count). The molecule has 0 N–H and O–H groups in total. The summed E-state index contributed by atoms with van der Waals surface area (Å²) in [5.74, 6) is 2.71. The number of aryl methyl sites for hydroxylation is 2. The minimum absolute atomic E-state index is 0.0219. The van der Waals surface area contributed by atoms with Crippen LogP contribution in [-0.4, -0.2) is 50.0 Å². The smallest absolute Gasteiger partial charge is 0.223 e. The number of oxazole rings is 1. The quantitative estimate of drug-likeness (QED) is 0.792. The average molecular weight is 333 g/mol. The Kier molecular flexibility index (Phi) is 4.94. The lowest BCUT2D eigenvalue weighted by atomic mass is 10.2. The van der Waals surface area contributed by atoms with Crippen molar-refractivity contribution in [2.75, 3.05) is 13.1 Å². The Bertz CT molecular complexity index is 695. The van der Waals surface area contributed by atoms with Crippen molar-refractivity contribution in [1.29, 1.82) is 0 Å². The van der Waals surface area contributed by atoms with E-state index < -0.39 is 0 Å². The van der Waals surface area contributed by atoms with E-state index in [0.717, 1.165) is 37.6 Å². The van der Waals surface area contributed by atoms with E-state index in [1.54, 1.807) is 20.0 Å². The maximum atomic E-state index is 12.0. The molecule has 0 bridgehead atoms. The van der Waals surface area contributed by atoms with Crippen LogP contribution in [0.5, 0.6) is 0 Å². The first-order valence-corrected chi connectivity index (χ1v) is 8.27. The van der Waals surface area contributed by atoms with Gasteiger partial charge in [0.05, 0.1) is 19.3 Å². The average Bonchev–Trinajstić information content (AvgIpc) is 3.26. The maximum absolute atomic E-state index is 12.0. The molecule has 1 fully saturated rings. The second-order valence-corrected chi connectivity index (χ2v) is 6.13. The van der Waals surface area contributed by atoms with Gasteiger partial charge in [-0.25, -0.2) is 4.98 Å². The fraction of sp³-hybridized carbons (Fsp3) is 0.625. The minimum Gasteiger partial charge on any atom is -0.444 e. The molecule has 1 amide bonds. The summed E-state index contributed by atoms with van der Waals surface area (Å²) in [6.07, 6.45) is 3.54. The van der Waals surface area contributed by atoms with Crippen molar-refractivity contribution in [1.82, 2.24) is 24.9 Å². The van der Waals surface area contributed by atoms with E-state index in [1.165, 1.54) is 0 Å². The number of amides is 1. The van der Waals surface area contributed by atoms with Crippen LogP contribution in [0.3, 0.4) is 0 Å². The molecule has 1 aliphatic rings. The van der Waals surface area contributed by atoms with Crippen LogP contribution >= 0.6 is 0 Å². The first-order valence-electron chi connectivity index (χ1n) is 8.27. The van der Waals surface area contributed by atoms with Crippen molar-refractivity contribution in [3.63, 3.8) is 0 Å². The Labute approximate surface area is 140 Å². The van der Waals surface area contributed by atoms with Gasteiger partial charge >= 0.3 is 0 Å². The lowest BCUT2D eigenvalue weighted by Crippen LogP contribution is -2.40. The van der Waals surface area contributed by atoms with Crippen LogP contribution in [0.15, 0.2) is 15.1 Å². The van der Waals surface area contributed by atoms with Crippen molar-refractivity contribution in [3.8, 4) is 0 Å². The molecule has 1 aliphatic heterocycles. The van der Waals surface area contributed by atoms with Gasteiger partial charge in [0.25, 0.3) is 0 Å². The first kappa shape index (κ1) is 16.6. The van der Waals surface area contributed by atoms with E-state index in [-0.39, 0.29) is 11.9 Å². The van der Waals surface area contributed by atoms with E-state index >= 15 is 0 Å². The molecule has 0 radical (unpaired) electrons. The third kappa shape index (κ3) is 3.81. The van der Waals surface area contributed by atoms with E-state index in [0.29, 0.717) is 24.8 Å². The highest BCUT2D eigenvalue weighted by Crippen LogP contribution is 2.20. The molecule has 24 heavy (non-hydrogen) atoms. The Morgan fingerprint density at radius 2 is 2.33 bits per heavy atom. The Morgan fingerprint density at radius 3 is 2.96 bits per heavy atom. The Balaban J connectivity index is 1.60. The van der Waals surface area contributed by atoms with E-state index in [2.05, 4.69) is 20.0 Å². The summed E-state index contributed by atoms with van der Waals surface area (Å²) in [6, 6.07) is 0.141. The highest BCUT2D eigenvalue weighted by molar-refractivity contribution is 5.73. The number of likely N-dealkylation sites (tertiary alicyclic amines) is 1. The highest BCUT2D eigenvalue weighted by atomic mass is 16.5. The largest absolute Gasteiger partial charge is 0.444 e. The van der Waals surface area contributed by atoms with Gasteiger partial charge in [-0.2, -0.15) is 4.98 Å². The molecule has 8 nitrogen and oxygen atoms in total. The number of rotatable bonds is 6. The van der Waals surface area contributed by atoms with Crippen LogP contribution in [0.1, 0.15) is 43.6 Å². The third-order valence-corrected chi connectivity index (χ3v) is 4.28. The molecular weight excluding hydrogens is 310 g/mol. The van der Waals surface area contributed by atoms with Crippen molar-refractivity contribution in [2.45, 2.75) is 52.7 Å². The van der Waals surface area contributed by atoms with Crippen LogP contribution in [0, 0.1) is 6.92 Å². The molecule has 0 aliphatic carbocycles. The Hall–Kier alpha value is -2.22. The van der Waals surface area contributed by atoms with E-state index in [9.17, 15) is 4.79 Å². The van der Waals surface area contributed by atoms with Crippen molar-refractivity contribution >= 4 is 5.91 Å². The van der Waals surface area contributed by atoms with Crippen molar-refractivity contribution in [3.05, 3.63) is 29.6 Å². The zero-order valence-electron chi connectivity index (χ0n) is 14.4. The zero-order chi connectivity index (χ0) is 17.1. The predicted octanol–water partition coefficient (Wildman–Crippen LogP) is 1.55. The molecule has 0 spiro atoms. The summed E-state index contributed by atoms with van der Waals surface area (Å²) in [6.45, 7) is 8.11. The van der Waals surface area contributed by atoms with Gasteiger partial charge in [0.1, 0.15) is 5.76 Å². The summed E-state index contributed by atoms with van der Waals surface area (Å²) < 4.78 is 10.7. The fourth-order valence-corrected chi connectivity index (χ4v) is 3.04. The summed E-state index contributed by atoms with van der Waals surface area (Å²) in [5, 5.41) is 3.89. The highest BCUT2D eigenvalue weighted by Gasteiger charge is 2.30. The minimum atomic E-state index is 0.0219. The third-order valence-electron chi connectivity index (χ3n) is 4.28. The predicted molar refractivity (Wildman–Crippen MR) is 84.8 cm³/mol. The molecule has 0 saturated carbocycles. The number of hydrogen-bond donors (Lipinski definition) is 0. The molecule has 2 aromatic heterocycles. The van der Waals surface area contributed by atoms with Gasteiger partial charge in [0.15, 0.2) is 5.82 Å². The SMILES string of the molecule is CCc1cnc(CN2CC[C@@H](N(Cc3noc(C)n3)C(C)=O)C2)o1. The molecule has 3 heterocycles. The number of aromatic nitrogens is 3. The van der Waals surface area contributed by atoms with Gasteiger partial charge in [0, 0.05) is 39.4 Å². The van der Waals surface area contributed by atoms with Crippen molar-refractivity contribution < 1.29 is 13.7 Å². The molecule has 2 aromatic rings. The van der Waals surface area contributed by atoms with Gasteiger partial charge in [-0.05, 0) is 6.42 Å². The molecule has 1 saturated heterocycles. The summed E-state index contributed by atoms with van der Waals surface area (Å²) in [4.78, 5) is 24.6. The molecule has 0 aromatic carbocycles. The molecule has 1 atom stereocenters. The van der Waals surface area contributed by atoms with Crippen LogP contribution in [0.2, 0.25) is 0 Å². The number of nitrogens with zero attached hydrogens (tertiary/aromatic N) is 5. The summed E-state index contributed by atoms with van der Waals surface area (Å²) in [5.41, 5.74) is 0. The standard InChI is InChI=1S/C16H23N5O3/c1-4-14-7-17-16(23-14)10-20-6-5-13(8-20)21(12(3)22)9-15-18-11(2)24-19-15/h7,13H,4-6,8-10H2,1-3H3/t13-/m1/s1. The van der Waals surface area contributed by atoms with Gasteiger partial charge in [0.2, 0.25) is 17.7 Å². The normalized spacial score (nSPS) is 18.2. The van der Waals surface area contributed by atoms with Crippen LogP contribution in [0.25, 0.3) is 0 Å². The number of carbonyl (C=O) groups excluding carboxylic acids is 1. The van der Waals surface area contributed by atoms with Crippen molar-refractivity contribution in [2.24, 2.45) is 0 Å². The van der Waals surface area contributed by atoms with Crippen LogP contribution in [0.4, 0.5) is 0 Å². The van der Waals surface area contributed by atoms with Gasteiger partial charge < -0.3 is 13.8 Å². The monoisotopic (exact) mass is 333 g/mol. The number of hydrogen-bond acceptors (Lipinski definition) is 7. The lowest BCUT2D eigenvalue weighted by Gasteiger charge is -2.26. The first-order chi connectivity index (χ1) is 11.5. The van der Waals surface area contributed by atoms with E-state index in [4.69, 9.17) is 8.94 Å². The van der Waals surface area contributed by atoms with Gasteiger partial charge in [-0.15, -0.1) is 0 Å². The van der Waals surface area contributed by atoms with E-state index in [1.807, 2.05) is 11.8 Å². The van der Waals surface area contributed by atoms with Crippen LogP contribution in [-0.2, 0) is 24.3 Å². The molecule has 130 valence electrons. The summed E-state index contributed by atoms with van der Waals surface area (Å²) >= 11 is 0. The van der Waals surface area contributed by atoms with Gasteiger partial charge in [-0.1, -0.05) is 12.1 Å². The lowest BCUT2D eigenvalue weighted by molar-refractivity contribution is -0.131. The second-order valence-electron chi connectivity index (χ2n) is 6.13. The molecule has 8 heteroatoms. The van der Waals surface area contributed by atoms with Crippen LogP contribution < -0.4 is 0 Å². The second kappa shape index (κ2) is 7.12. The zero-order valence-corrected chi connectivity index (χ0v) is 14.4. The molecule has 0 unspecified atom stereocenters. The Morgan fingerprint density at radius 1 is 1.50 bits per heavy atom. The topological polar surface area (TPSA) is 88.5 Å². The van der Waals surface area contributed by atoms with Gasteiger partial charge in [-0.3, -0.25) is 9.69 Å². The fourth-order valence-electron chi connectivity index (χ4n) is 3.04. The molecular formula is C16H23N5O3. The summed E-state index contributed by atoms with van der Waals surface area (Å²) in [7, 11) is 0. The number of carbonyl (C=O) groups is 1. The maximum Gasteiger partial charge on any atom is 0.223 e.